The lowest BCUT2D eigenvalue weighted by atomic mass is 10.3. The minimum absolute atomic E-state index is 0.516. The van der Waals surface area contributed by atoms with Gasteiger partial charge in [0.2, 0.25) is 0 Å². The van der Waals surface area contributed by atoms with Crippen LogP contribution in [0.3, 0.4) is 0 Å². The average Bonchev–Trinajstić information content (AvgIpc) is 1.69. The summed E-state index contributed by atoms with van der Waals surface area (Å²) < 4.78 is 0. The largest absolute Gasteiger partial charge is 0.151 e. The van der Waals surface area contributed by atoms with Crippen LogP contribution in [0.2, 0.25) is 6.04 Å². The van der Waals surface area contributed by atoms with Crippen LogP contribution in [-0.4, -0.2) is 16.8 Å². The maximum absolute atomic E-state index is 9.44. The van der Waals surface area contributed by atoms with Crippen molar-refractivity contribution in [2.24, 2.45) is 5.18 Å². The fourth-order valence-electron chi connectivity index (χ4n) is 0.426. The quantitative estimate of drug-likeness (QED) is 0.296. The molecule has 0 saturated carbocycles. The van der Waals surface area contributed by atoms with Gasteiger partial charge in [-0.3, -0.25) is 0 Å². The second kappa shape index (κ2) is 5.82. The Bertz CT molecular complexity index is 49.0. The summed E-state index contributed by atoms with van der Waals surface area (Å²) in [6, 6.07) is 1.30. The SMILES string of the molecule is O=NCCCC[SiH3]. The molecular formula is C4H11NOSi. The molecule has 0 aliphatic heterocycles. The summed E-state index contributed by atoms with van der Waals surface area (Å²) in [6.07, 6.45) is 2.19. The number of unbranched alkanes of at least 4 members (excludes halogenated alkanes) is 1. The Morgan fingerprint density at radius 1 is 1.43 bits per heavy atom. The van der Waals surface area contributed by atoms with Crippen LogP contribution in [0.1, 0.15) is 12.8 Å². The smallest absolute Gasteiger partial charge is 0.0811 e. The van der Waals surface area contributed by atoms with Crippen LogP contribution in [0, 0.1) is 4.91 Å². The summed E-state index contributed by atoms with van der Waals surface area (Å²) in [5.74, 6) is 0. The van der Waals surface area contributed by atoms with E-state index in [0.29, 0.717) is 6.54 Å². The number of nitroso groups, excluding NO2 is 1. The van der Waals surface area contributed by atoms with E-state index in [-0.39, 0.29) is 0 Å². The van der Waals surface area contributed by atoms with E-state index in [4.69, 9.17) is 0 Å². The monoisotopic (exact) mass is 117 g/mol. The molecular weight excluding hydrogens is 106 g/mol. The fourth-order valence-corrected chi connectivity index (χ4v) is 0.926. The molecule has 0 aliphatic rings. The molecule has 3 heteroatoms. The van der Waals surface area contributed by atoms with Gasteiger partial charge in [0.05, 0.1) is 6.54 Å². The molecule has 0 N–H and O–H groups in total. The summed E-state index contributed by atoms with van der Waals surface area (Å²) >= 11 is 0. The Morgan fingerprint density at radius 3 is 2.57 bits per heavy atom. The molecule has 0 radical (unpaired) electrons. The van der Waals surface area contributed by atoms with Crippen molar-refractivity contribution in [2.75, 3.05) is 6.54 Å². The lowest BCUT2D eigenvalue weighted by Gasteiger charge is -1.84. The van der Waals surface area contributed by atoms with E-state index in [1.165, 1.54) is 22.7 Å². The fraction of sp³-hybridized carbons (Fsp3) is 1.00. The van der Waals surface area contributed by atoms with Gasteiger partial charge in [-0.1, -0.05) is 17.6 Å². The lowest BCUT2D eigenvalue weighted by Crippen LogP contribution is -1.77. The van der Waals surface area contributed by atoms with Crippen LogP contribution in [0.4, 0.5) is 0 Å². The summed E-state index contributed by atoms with van der Waals surface area (Å²) in [5, 5.41) is 2.74. The van der Waals surface area contributed by atoms with E-state index in [0.717, 1.165) is 6.42 Å². The summed E-state index contributed by atoms with van der Waals surface area (Å²) in [7, 11) is 1.26. The maximum Gasteiger partial charge on any atom is 0.0811 e. The lowest BCUT2D eigenvalue weighted by molar-refractivity contribution is 0.803. The van der Waals surface area contributed by atoms with Crippen LogP contribution >= 0.6 is 0 Å². The number of hydrogen-bond donors (Lipinski definition) is 0. The minimum Gasteiger partial charge on any atom is -0.151 e. The van der Waals surface area contributed by atoms with E-state index in [9.17, 15) is 4.91 Å². The molecule has 0 aromatic heterocycles. The molecule has 7 heavy (non-hydrogen) atoms. The third-order valence-corrected chi connectivity index (χ3v) is 1.56. The zero-order valence-electron chi connectivity index (χ0n) is 4.68. The molecule has 0 atom stereocenters. The van der Waals surface area contributed by atoms with Crippen molar-refractivity contribution in [3.8, 4) is 0 Å². The average molecular weight is 117 g/mol. The first kappa shape index (κ1) is 6.82. The van der Waals surface area contributed by atoms with Gasteiger partial charge in [-0.05, 0) is 6.42 Å². The zero-order valence-corrected chi connectivity index (χ0v) is 6.68. The molecule has 0 rings (SSSR count). The molecule has 42 valence electrons. The molecule has 0 aromatic carbocycles. The van der Waals surface area contributed by atoms with Gasteiger partial charge in [0.1, 0.15) is 0 Å². The van der Waals surface area contributed by atoms with Crippen molar-refractivity contribution in [3.05, 3.63) is 4.91 Å². The predicted octanol–water partition coefficient (Wildman–Crippen LogP) is 0.317. The number of hydrogen-bond acceptors (Lipinski definition) is 2. The Labute approximate surface area is 46.7 Å². The van der Waals surface area contributed by atoms with Crippen molar-refractivity contribution in [2.45, 2.75) is 18.9 Å². The third-order valence-electron chi connectivity index (χ3n) is 0.853. The van der Waals surface area contributed by atoms with Crippen molar-refractivity contribution >= 4 is 10.2 Å². The molecule has 2 nitrogen and oxygen atoms in total. The minimum atomic E-state index is 0.516. The molecule has 0 unspecified atom stereocenters. The Morgan fingerprint density at radius 2 is 2.14 bits per heavy atom. The highest BCUT2D eigenvalue weighted by molar-refractivity contribution is 6.08. The van der Waals surface area contributed by atoms with Gasteiger partial charge < -0.3 is 0 Å². The van der Waals surface area contributed by atoms with E-state index in [2.05, 4.69) is 5.18 Å². The molecule has 0 heterocycles. The van der Waals surface area contributed by atoms with E-state index < -0.39 is 0 Å². The number of nitrogens with zero attached hydrogens (tertiary/aromatic N) is 1. The first-order chi connectivity index (χ1) is 3.41. The highest BCUT2D eigenvalue weighted by atomic mass is 28.1. The molecule has 0 fully saturated rings. The van der Waals surface area contributed by atoms with Gasteiger partial charge in [0.15, 0.2) is 0 Å². The molecule has 0 amide bonds. The Balaban J connectivity index is 2.56. The first-order valence-electron chi connectivity index (χ1n) is 2.71. The van der Waals surface area contributed by atoms with Gasteiger partial charge in [-0.2, -0.15) is 4.91 Å². The van der Waals surface area contributed by atoms with Crippen molar-refractivity contribution in [3.63, 3.8) is 0 Å². The van der Waals surface area contributed by atoms with Crippen LogP contribution in [0.5, 0.6) is 0 Å². The van der Waals surface area contributed by atoms with Gasteiger partial charge in [0.25, 0.3) is 0 Å². The first-order valence-corrected chi connectivity index (χ1v) is 4.12. The summed E-state index contributed by atoms with van der Waals surface area (Å²) in [4.78, 5) is 9.44. The van der Waals surface area contributed by atoms with Gasteiger partial charge in [-0.25, -0.2) is 0 Å². The van der Waals surface area contributed by atoms with E-state index in [1.807, 2.05) is 0 Å². The second-order valence-corrected chi connectivity index (χ2v) is 2.56. The standard InChI is InChI=1S/C4H11NOSi/c6-5-3-1-2-4-7/h1-4H2,7H3. The van der Waals surface area contributed by atoms with Gasteiger partial charge in [-0.15, -0.1) is 0 Å². The topological polar surface area (TPSA) is 29.4 Å². The summed E-state index contributed by atoms with van der Waals surface area (Å²) in [5.41, 5.74) is 0. The molecule has 0 aromatic rings. The molecule has 0 bridgehead atoms. The molecule has 0 saturated heterocycles. The zero-order chi connectivity index (χ0) is 5.54. The summed E-state index contributed by atoms with van der Waals surface area (Å²) in [6.45, 7) is 0.516. The Kier molecular flexibility index (Phi) is 5.66. The van der Waals surface area contributed by atoms with Crippen molar-refractivity contribution < 1.29 is 0 Å². The van der Waals surface area contributed by atoms with Crippen molar-refractivity contribution in [1.29, 1.82) is 0 Å². The maximum atomic E-state index is 9.44. The third kappa shape index (κ3) is 5.82. The van der Waals surface area contributed by atoms with E-state index >= 15 is 0 Å². The Hall–Kier alpha value is -0.183. The van der Waals surface area contributed by atoms with Crippen LogP contribution in [-0.2, 0) is 0 Å². The highest BCUT2D eigenvalue weighted by Crippen LogP contribution is 1.90. The van der Waals surface area contributed by atoms with Crippen molar-refractivity contribution in [1.82, 2.24) is 0 Å². The van der Waals surface area contributed by atoms with Gasteiger partial charge >= 0.3 is 0 Å². The second-order valence-electron chi connectivity index (χ2n) is 1.56. The van der Waals surface area contributed by atoms with E-state index in [1.54, 1.807) is 0 Å². The van der Waals surface area contributed by atoms with Crippen LogP contribution in [0.25, 0.3) is 0 Å². The predicted molar refractivity (Wildman–Crippen MR) is 34.6 cm³/mol. The highest BCUT2D eigenvalue weighted by Gasteiger charge is 1.80. The van der Waals surface area contributed by atoms with Crippen LogP contribution in [0.15, 0.2) is 5.18 Å². The number of rotatable bonds is 4. The van der Waals surface area contributed by atoms with Crippen LogP contribution < -0.4 is 0 Å². The normalized spacial score (nSPS) is 9.14. The molecule has 0 spiro atoms. The van der Waals surface area contributed by atoms with Gasteiger partial charge in [0, 0.05) is 10.2 Å². The molecule has 0 aliphatic carbocycles.